The van der Waals surface area contributed by atoms with Crippen LogP contribution in [0.3, 0.4) is 0 Å². The van der Waals surface area contributed by atoms with E-state index in [9.17, 15) is 4.79 Å². The number of benzene rings is 2. The highest BCUT2D eigenvalue weighted by molar-refractivity contribution is 8.04. The fourth-order valence-electron chi connectivity index (χ4n) is 4.36. The highest BCUT2D eigenvalue weighted by atomic mass is 35.5. The normalized spacial score (nSPS) is 17.0. The molecule has 1 saturated heterocycles. The summed E-state index contributed by atoms with van der Waals surface area (Å²) in [5, 5.41) is 12.5. The number of carbonyl (C=O) groups excluding carboxylic acids is 1. The molecule has 0 unspecified atom stereocenters. The summed E-state index contributed by atoms with van der Waals surface area (Å²) in [6.07, 6.45) is 5.12. The zero-order chi connectivity index (χ0) is 21.2. The van der Waals surface area contributed by atoms with Crippen LogP contribution in [0.15, 0.2) is 52.3 Å². The molecule has 2 aromatic carbocycles. The van der Waals surface area contributed by atoms with E-state index in [4.69, 9.17) is 11.6 Å². The van der Waals surface area contributed by atoms with Crippen molar-refractivity contribution in [2.75, 3.05) is 26.2 Å². The number of piperidine rings is 1. The Morgan fingerprint density at radius 2 is 2.03 bits per heavy atom. The van der Waals surface area contributed by atoms with E-state index in [2.05, 4.69) is 26.5 Å². The number of rotatable bonds is 6. The maximum Gasteiger partial charge on any atom is 0.258 e. The molecule has 2 aliphatic heterocycles. The Labute approximate surface area is 191 Å². The van der Waals surface area contributed by atoms with Crippen LogP contribution in [0.25, 0.3) is 17.0 Å². The molecular formula is C24H25ClN4OS. The van der Waals surface area contributed by atoms with E-state index in [0.717, 1.165) is 76.9 Å². The van der Waals surface area contributed by atoms with Gasteiger partial charge in [-0.05, 0) is 68.1 Å². The van der Waals surface area contributed by atoms with E-state index in [0.29, 0.717) is 5.92 Å². The van der Waals surface area contributed by atoms with Gasteiger partial charge in [-0.2, -0.15) is 5.10 Å². The highest BCUT2D eigenvalue weighted by Gasteiger charge is 2.23. The van der Waals surface area contributed by atoms with E-state index in [1.54, 1.807) is 0 Å². The summed E-state index contributed by atoms with van der Waals surface area (Å²) in [5.41, 5.74) is 3.08. The Morgan fingerprint density at radius 1 is 1.19 bits per heavy atom. The van der Waals surface area contributed by atoms with Gasteiger partial charge in [0, 0.05) is 28.4 Å². The Morgan fingerprint density at radius 3 is 2.87 bits per heavy atom. The third kappa shape index (κ3) is 4.52. The molecule has 1 aromatic heterocycles. The Bertz CT molecular complexity index is 1130. The van der Waals surface area contributed by atoms with Gasteiger partial charge in [-0.3, -0.25) is 9.89 Å². The van der Waals surface area contributed by atoms with Gasteiger partial charge in [0.25, 0.3) is 5.91 Å². The fraction of sp³-hybridized carbons (Fsp3) is 0.333. The first kappa shape index (κ1) is 20.6. The Hall–Kier alpha value is -2.28. The van der Waals surface area contributed by atoms with Crippen LogP contribution in [-0.2, 0) is 11.2 Å². The van der Waals surface area contributed by atoms with E-state index >= 15 is 0 Å². The molecule has 0 atom stereocenters. The molecule has 1 amide bonds. The molecule has 1 fully saturated rings. The van der Waals surface area contributed by atoms with Crippen LogP contribution >= 0.6 is 23.4 Å². The molecule has 5 rings (SSSR count). The number of nitrogens with zero attached hydrogens (tertiary/aromatic N) is 2. The fourth-order valence-corrected chi connectivity index (χ4v) is 5.63. The van der Waals surface area contributed by atoms with Crippen LogP contribution in [0.4, 0.5) is 0 Å². The first-order valence-electron chi connectivity index (χ1n) is 10.8. The summed E-state index contributed by atoms with van der Waals surface area (Å²) in [6.45, 7) is 3.91. The molecule has 0 spiro atoms. The Balaban J connectivity index is 1.10. The van der Waals surface area contributed by atoms with E-state index in [-0.39, 0.29) is 5.91 Å². The average molecular weight is 453 g/mol. The molecule has 0 saturated carbocycles. The quantitative estimate of drug-likeness (QED) is 0.567. The second kappa shape index (κ2) is 9.07. The summed E-state index contributed by atoms with van der Waals surface area (Å²) < 4.78 is 0. The van der Waals surface area contributed by atoms with Gasteiger partial charge in [0.15, 0.2) is 0 Å². The summed E-state index contributed by atoms with van der Waals surface area (Å²) in [6, 6.07) is 14.1. The molecular weight excluding hydrogens is 428 g/mol. The Kier molecular flexibility index (Phi) is 6.03. The van der Waals surface area contributed by atoms with Crippen molar-refractivity contribution in [2.45, 2.75) is 24.2 Å². The van der Waals surface area contributed by atoms with Gasteiger partial charge in [0.2, 0.25) is 0 Å². The molecule has 0 bridgehead atoms. The van der Waals surface area contributed by atoms with Crippen molar-refractivity contribution in [1.29, 1.82) is 0 Å². The second-order valence-electron chi connectivity index (χ2n) is 8.23. The summed E-state index contributed by atoms with van der Waals surface area (Å²) in [4.78, 5) is 17.1. The van der Waals surface area contributed by atoms with Crippen LogP contribution in [0.2, 0.25) is 5.02 Å². The third-order valence-corrected chi connectivity index (χ3v) is 7.66. The molecule has 0 aliphatic carbocycles. The molecule has 3 heterocycles. The van der Waals surface area contributed by atoms with Gasteiger partial charge in [-0.15, -0.1) is 0 Å². The number of halogens is 1. The summed E-state index contributed by atoms with van der Waals surface area (Å²) in [5.74, 6) is 0.532. The molecule has 2 N–H and O–H groups in total. The van der Waals surface area contributed by atoms with E-state index in [1.165, 1.54) is 17.3 Å². The molecule has 0 radical (unpaired) electrons. The lowest BCUT2D eigenvalue weighted by molar-refractivity contribution is -0.117. The van der Waals surface area contributed by atoms with Crippen molar-refractivity contribution >= 4 is 46.2 Å². The summed E-state index contributed by atoms with van der Waals surface area (Å²) in [7, 11) is 0. The van der Waals surface area contributed by atoms with Crippen LogP contribution in [-0.4, -0.2) is 47.2 Å². The SMILES string of the molecule is O=C(NCC1CCN(CCc2ccccc2Cl)CC1)C1=Cc2[nH]nc3cccc(c23)S1. The number of aromatic amines is 1. The van der Waals surface area contributed by atoms with Gasteiger partial charge in [0.05, 0.1) is 16.1 Å². The molecule has 3 aromatic rings. The third-order valence-electron chi connectivity index (χ3n) is 6.20. The van der Waals surface area contributed by atoms with Crippen molar-refractivity contribution in [1.82, 2.24) is 20.4 Å². The summed E-state index contributed by atoms with van der Waals surface area (Å²) >= 11 is 7.80. The number of carbonyl (C=O) groups is 1. The largest absolute Gasteiger partial charge is 0.351 e. The minimum atomic E-state index is 0.00315. The molecule has 31 heavy (non-hydrogen) atoms. The first-order valence-corrected chi connectivity index (χ1v) is 12.0. The van der Waals surface area contributed by atoms with Crippen molar-refractivity contribution in [2.24, 2.45) is 5.92 Å². The highest BCUT2D eigenvalue weighted by Crippen LogP contribution is 2.39. The maximum absolute atomic E-state index is 12.8. The average Bonchev–Trinajstić information content (AvgIpc) is 3.22. The monoisotopic (exact) mass is 452 g/mol. The van der Waals surface area contributed by atoms with Gasteiger partial charge in [-0.1, -0.05) is 47.6 Å². The number of hydrogen-bond acceptors (Lipinski definition) is 4. The van der Waals surface area contributed by atoms with Crippen LogP contribution in [0.5, 0.6) is 0 Å². The van der Waals surface area contributed by atoms with Crippen molar-refractivity contribution < 1.29 is 4.79 Å². The predicted molar refractivity (Wildman–Crippen MR) is 127 cm³/mol. The zero-order valence-corrected chi connectivity index (χ0v) is 18.8. The lowest BCUT2D eigenvalue weighted by Gasteiger charge is -2.32. The van der Waals surface area contributed by atoms with E-state index < -0.39 is 0 Å². The van der Waals surface area contributed by atoms with Gasteiger partial charge >= 0.3 is 0 Å². The molecule has 5 nitrogen and oxygen atoms in total. The van der Waals surface area contributed by atoms with Gasteiger partial charge in [0.1, 0.15) is 0 Å². The molecule has 7 heteroatoms. The second-order valence-corrected chi connectivity index (χ2v) is 9.73. The topological polar surface area (TPSA) is 61.0 Å². The lowest BCUT2D eigenvalue weighted by Crippen LogP contribution is -2.39. The van der Waals surface area contributed by atoms with Gasteiger partial charge in [-0.25, -0.2) is 0 Å². The maximum atomic E-state index is 12.8. The van der Waals surface area contributed by atoms with Crippen molar-refractivity contribution in [3.8, 4) is 0 Å². The standard InChI is InChI=1S/C24H25ClN4OS/c25-18-5-2-1-4-17(18)10-13-29-11-8-16(9-12-29)15-26-24(30)22-14-20-23-19(27-28-20)6-3-7-21(23)31-22/h1-7,14,16H,8-13,15H2,(H,26,30)(H,27,28). The number of H-pyrrole nitrogens is 1. The number of nitrogens with one attached hydrogen (secondary N) is 2. The van der Waals surface area contributed by atoms with Crippen LogP contribution in [0, 0.1) is 5.92 Å². The van der Waals surface area contributed by atoms with Crippen molar-refractivity contribution in [3.63, 3.8) is 0 Å². The first-order chi connectivity index (χ1) is 15.2. The number of likely N-dealkylation sites (tertiary alicyclic amines) is 1. The lowest BCUT2D eigenvalue weighted by atomic mass is 9.96. The number of hydrogen-bond donors (Lipinski definition) is 2. The van der Waals surface area contributed by atoms with Crippen molar-refractivity contribution in [3.05, 3.63) is 63.6 Å². The minimum Gasteiger partial charge on any atom is -0.351 e. The zero-order valence-electron chi connectivity index (χ0n) is 17.2. The molecule has 160 valence electrons. The van der Waals surface area contributed by atoms with Gasteiger partial charge < -0.3 is 10.2 Å². The van der Waals surface area contributed by atoms with Crippen LogP contribution < -0.4 is 5.32 Å². The smallest absolute Gasteiger partial charge is 0.258 e. The minimum absolute atomic E-state index is 0.00315. The number of aromatic nitrogens is 2. The predicted octanol–water partition coefficient (Wildman–Crippen LogP) is 4.73. The van der Waals surface area contributed by atoms with Crippen LogP contribution in [0.1, 0.15) is 24.1 Å². The van der Waals surface area contributed by atoms with E-state index in [1.807, 2.05) is 42.5 Å². The number of thioether (sulfide) groups is 1. The number of amides is 1. The molecule has 2 aliphatic rings.